The third-order valence-electron chi connectivity index (χ3n) is 7.02. The molecule has 1 saturated carbocycles. The van der Waals surface area contributed by atoms with Gasteiger partial charge in [0, 0.05) is 31.7 Å². The standard InChI is InChI=1S/C27H33ClFN3O4S/c1-19-3-11-25(12-4-19)37(35,36)32(24-9-10-24)18-26(33)31(17-21-5-7-22(29)8-6-21)23-13-15-30(16-14-23)27(34)20(2)28/h3-8,11-12,20,23-24H,9-10,13-18H2,1-2H3/t20-/m1/s1. The summed E-state index contributed by atoms with van der Waals surface area (Å²) in [5.41, 5.74) is 1.70. The van der Waals surface area contributed by atoms with Gasteiger partial charge in [-0.15, -0.1) is 11.6 Å². The Balaban J connectivity index is 1.55. The Morgan fingerprint density at radius 1 is 1.00 bits per heavy atom. The summed E-state index contributed by atoms with van der Waals surface area (Å²) in [5, 5.41) is -0.618. The van der Waals surface area contributed by atoms with Crippen LogP contribution in [0.4, 0.5) is 4.39 Å². The van der Waals surface area contributed by atoms with Crippen molar-refractivity contribution >= 4 is 33.4 Å². The second-order valence-corrected chi connectivity index (χ2v) is 12.5. The molecule has 2 amide bonds. The zero-order valence-corrected chi connectivity index (χ0v) is 22.7. The Kier molecular flexibility index (Phi) is 8.56. The first-order valence-corrected chi connectivity index (χ1v) is 14.5. The molecule has 0 unspecified atom stereocenters. The lowest BCUT2D eigenvalue weighted by Crippen LogP contribution is -2.52. The van der Waals surface area contributed by atoms with Crippen LogP contribution in [0.1, 0.15) is 43.7 Å². The van der Waals surface area contributed by atoms with Gasteiger partial charge < -0.3 is 9.80 Å². The van der Waals surface area contributed by atoms with Crippen molar-refractivity contribution in [2.45, 2.75) is 68.4 Å². The number of likely N-dealkylation sites (tertiary alicyclic amines) is 1. The van der Waals surface area contributed by atoms with Gasteiger partial charge in [0.2, 0.25) is 21.8 Å². The number of aryl methyl sites for hydroxylation is 1. The van der Waals surface area contributed by atoms with Gasteiger partial charge in [-0.1, -0.05) is 29.8 Å². The van der Waals surface area contributed by atoms with Crippen LogP contribution in [0.25, 0.3) is 0 Å². The molecule has 37 heavy (non-hydrogen) atoms. The average molecular weight is 550 g/mol. The number of benzene rings is 2. The quantitative estimate of drug-likeness (QED) is 0.444. The van der Waals surface area contributed by atoms with E-state index >= 15 is 0 Å². The molecule has 0 N–H and O–H groups in total. The average Bonchev–Trinajstić information content (AvgIpc) is 3.72. The number of rotatable bonds is 9. The first kappa shape index (κ1) is 27.5. The second kappa shape index (κ2) is 11.5. The van der Waals surface area contributed by atoms with Gasteiger partial charge >= 0.3 is 0 Å². The molecule has 2 aromatic rings. The number of piperidine rings is 1. The summed E-state index contributed by atoms with van der Waals surface area (Å²) >= 11 is 5.98. The second-order valence-electron chi connectivity index (χ2n) is 9.92. The zero-order chi connectivity index (χ0) is 26.7. The number of hydrogen-bond donors (Lipinski definition) is 0. The number of carbonyl (C=O) groups excluding carboxylic acids is 2. The highest BCUT2D eigenvalue weighted by Gasteiger charge is 2.41. The van der Waals surface area contributed by atoms with Crippen molar-refractivity contribution in [3.8, 4) is 0 Å². The van der Waals surface area contributed by atoms with E-state index in [1.807, 2.05) is 6.92 Å². The first-order valence-electron chi connectivity index (χ1n) is 12.6. The SMILES string of the molecule is Cc1ccc(S(=O)(=O)N(CC(=O)N(Cc2ccc(F)cc2)C2CCN(C(=O)[C@@H](C)Cl)CC2)C2CC2)cc1. The Labute approximate surface area is 223 Å². The number of alkyl halides is 1. The van der Waals surface area contributed by atoms with Crippen LogP contribution in [0, 0.1) is 12.7 Å². The zero-order valence-electron chi connectivity index (χ0n) is 21.1. The van der Waals surface area contributed by atoms with Crippen LogP contribution >= 0.6 is 11.6 Å². The molecule has 2 aromatic carbocycles. The van der Waals surface area contributed by atoms with Crippen LogP contribution in [-0.4, -0.2) is 71.4 Å². The fraction of sp³-hybridized carbons (Fsp3) is 0.481. The topological polar surface area (TPSA) is 78.0 Å². The highest BCUT2D eigenvalue weighted by molar-refractivity contribution is 7.89. The number of sulfonamides is 1. The number of amides is 2. The van der Waals surface area contributed by atoms with E-state index in [0.29, 0.717) is 38.8 Å². The lowest BCUT2D eigenvalue weighted by Gasteiger charge is -2.39. The van der Waals surface area contributed by atoms with Gasteiger partial charge in [0.25, 0.3) is 0 Å². The summed E-state index contributed by atoms with van der Waals surface area (Å²) in [4.78, 5) is 29.7. The maximum Gasteiger partial charge on any atom is 0.243 e. The molecule has 1 aliphatic heterocycles. The van der Waals surface area contributed by atoms with Crippen LogP contribution in [0.5, 0.6) is 0 Å². The molecule has 1 saturated heterocycles. The lowest BCUT2D eigenvalue weighted by molar-refractivity contribution is -0.137. The number of carbonyl (C=O) groups is 2. The highest BCUT2D eigenvalue weighted by atomic mass is 35.5. The Bertz CT molecular complexity index is 1210. The summed E-state index contributed by atoms with van der Waals surface area (Å²) in [7, 11) is -3.85. The van der Waals surface area contributed by atoms with Gasteiger partial charge in [-0.3, -0.25) is 9.59 Å². The maximum atomic E-state index is 13.8. The highest BCUT2D eigenvalue weighted by Crippen LogP contribution is 2.32. The van der Waals surface area contributed by atoms with Crippen molar-refractivity contribution in [1.29, 1.82) is 0 Å². The molecule has 0 spiro atoms. The Morgan fingerprint density at radius 2 is 1.59 bits per heavy atom. The van der Waals surface area contributed by atoms with Crippen molar-refractivity contribution in [2.24, 2.45) is 0 Å². The van der Waals surface area contributed by atoms with Crippen LogP contribution in [0.2, 0.25) is 0 Å². The van der Waals surface area contributed by atoms with Gasteiger partial charge in [-0.05, 0) is 69.4 Å². The third kappa shape index (κ3) is 6.69. The molecule has 0 radical (unpaired) electrons. The lowest BCUT2D eigenvalue weighted by atomic mass is 10.0. The van der Waals surface area contributed by atoms with Crippen molar-refractivity contribution in [1.82, 2.24) is 14.1 Å². The molecule has 4 rings (SSSR count). The molecule has 200 valence electrons. The van der Waals surface area contributed by atoms with Crippen LogP contribution < -0.4 is 0 Å². The predicted molar refractivity (Wildman–Crippen MR) is 140 cm³/mol. The van der Waals surface area contributed by atoms with E-state index in [4.69, 9.17) is 11.6 Å². The molecule has 10 heteroatoms. The van der Waals surface area contributed by atoms with E-state index in [1.54, 1.807) is 53.1 Å². The summed E-state index contributed by atoms with van der Waals surface area (Å²) < 4.78 is 41.8. The molecule has 2 fully saturated rings. The van der Waals surface area contributed by atoms with Gasteiger partial charge in [0.15, 0.2) is 0 Å². The molecule has 1 heterocycles. The smallest absolute Gasteiger partial charge is 0.243 e. The minimum Gasteiger partial charge on any atom is -0.341 e. The van der Waals surface area contributed by atoms with Gasteiger partial charge in [-0.25, -0.2) is 12.8 Å². The van der Waals surface area contributed by atoms with E-state index in [1.165, 1.54) is 16.4 Å². The minimum atomic E-state index is -3.85. The molecular weight excluding hydrogens is 517 g/mol. The minimum absolute atomic E-state index is 0.138. The van der Waals surface area contributed by atoms with Crippen LogP contribution in [0.15, 0.2) is 53.4 Å². The molecule has 2 aliphatic rings. The van der Waals surface area contributed by atoms with Crippen molar-refractivity contribution in [3.05, 3.63) is 65.5 Å². The van der Waals surface area contributed by atoms with Crippen molar-refractivity contribution in [2.75, 3.05) is 19.6 Å². The first-order chi connectivity index (χ1) is 17.6. The summed E-state index contributed by atoms with van der Waals surface area (Å²) in [5.74, 6) is -0.809. The Hall–Kier alpha value is -2.49. The molecular formula is C27H33ClFN3O4S. The molecule has 1 aliphatic carbocycles. The monoisotopic (exact) mass is 549 g/mol. The van der Waals surface area contributed by atoms with E-state index in [-0.39, 0.29) is 47.7 Å². The van der Waals surface area contributed by atoms with E-state index < -0.39 is 15.4 Å². The van der Waals surface area contributed by atoms with Crippen molar-refractivity contribution < 1.29 is 22.4 Å². The van der Waals surface area contributed by atoms with Crippen LogP contribution in [-0.2, 0) is 26.2 Å². The van der Waals surface area contributed by atoms with E-state index in [0.717, 1.165) is 11.1 Å². The van der Waals surface area contributed by atoms with Crippen LogP contribution in [0.3, 0.4) is 0 Å². The molecule has 0 bridgehead atoms. The molecule has 7 nitrogen and oxygen atoms in total. The largest absolute Gasteiger partial charge is 0.341 e. The summed E-state index contributed by atoms with van der Waals surface area (Å²) in [6.45, 7) is 4.41. The van der Waals surface area contributed by atoms with E-state index in [2.05, 4.69) is 0 Å². The fourth-order valence-corrected chi connectivity index (χ4v) is 6.47. The van der Waals surface area contributed by atoms with Crippen molar-refractivity contribution in [3.63, 3.8) is 0 Å². The normalized spacial score (nSPS) is 17.6. The van der Waals surface area contributed by atoms with Gasteiger partial charge in [0.05, 0.1) is 11.4 Å². The summed E-state index contributed by atoms with van der Waals surface area (Å²) in [6.07, 6.45) is 2.54. The molecule has 1 atom stereocenters. The fourth-order valence-electron chi connectivity index (χ4n) is 4.70. The number of hydrogen-bond acceptors (Lipinski definition) is 4. The number of nitrogens with zero attached hydrogens (tertiary/aromatic N) is 3. The predicted octanol–water partition coefficient (Wildman–Crippen LogP) is 3.93. The third-order valence-corrected chi connectivity index (χ3v) is 9.12. The van der Waals surface area contributed by atoms with Gasteiger partial charge in [-0.2, -0.15) is 4.31 Å². The van der Waals surface area contributed by atoms with E-state index in [9.17, 15) is 22.4 Å². The Morgan fingerprint density at radius 3 is 2.14 bits per heavy atom. The summed E-state index contributed by atoms with van der Waals surface area (Å²) in [6, 6.07) is 12.2. The number of halogens is 2. The van der Waals surface area contributed by atoms with Gasteiger partial charge in [0.1, 0.15) is 11.2 Å². The maximum absolute atomic E-state index is 13.8. The molecule has 0 aromatic heterocycles.